The van der Waals surface area contributed by atoms with E-state index in [1.807, 2.05) is 0 Å². The van der Waals surface area contributed by atoms with Crippen molar-refractivity contribution in [1.29, 1.82) is 0 Å². The van der Waals surface area contributed by atoms with Crippen LogP contribution in [0.15, 0.2) is 36.7 Å². The quantitative estimate of drug-likeness (QED) is 0.744. The molecule has 144 valence electrons. The predicted molar refractivity (Wildman–Crippen MR) is 104 cm³/mol. The Bertz CT molecular complexity index is 806. The fourth-order valence-corrected chi connectivity index (χ4v) is 2.36. The zero-order valence-corrected chi connectivity index (χ0v) is 16.0. The van der Waals surface area contributed by atoms with E-state index in [-0.39, 0.29) is 17.4 Å². The number of benzene rings is 1. The van der Waals surface area contributed by atoms with Crippen molar-refractivity contribution in [3.05, 3.63) is 47.8 Å². The molecule has 0 radical (unpaired) electrons. The van der Waals surface area contributed by atoms with Crippen LogP contribution in [0.4, 0.5) is 5.69 Å². The second-order valence-electron chi connectivity index (χ2n) is 6.42. The Morgan fingerprint density at radius 2 is 1.74 bits per heavy atom. The van der Waals surface area contributed by atoms with Gasteiger partial charge in [-0.25, -0.2) is 0 Å². The molecule has 0 saturated heterocycles. The van der Waals surface area contributed by atoms with Crippen LogP contribution in [0.25, 0.3) is 0 Å². The number of hydrogen-bond donors (Lipinski definition) is 2. The highest BCUT2D eigenvalue weighted by molar-refractivity contribution is 6.06. The molecule has 2 rings (SSSR count). The van der Waals surface area contributed by atoms with Crippen LogP contribution in [0.1, 0.15) is 41.0 Å². The van der Waals surface area contributed by atoms with Crippen molar-refractivity contribution in [3.8, 4) is 11.5 Å². The lowest BCUT2D eigenvalue weighted by molar-refractivity contribution is 0.0951. The maximum absolute atomic E-state index is 12.5. The van der Waals surface area contributed by atoms with E-state index in [2.05, 4.69) is 29.5 Å². The predicted octanol–water partition coefficient (Wildman–Crippen LogP) is 3.13. The normalized spacial score (nSPS) is 10.4. The number of carbonyl (C=O) groups excluding carboxylic acids is 2. The van der Waals surface area contributed by atoms with Gasteiger partial charge in [0, 0.05) is 25.0 Å². The Morgan fingerprint density at radius 3 is 2.37 bits per heavy atom. The van der Waals surface area contributed by atoms with Crippen molar-refractivity contribution in [2.75, 3.05) is 26.1 Å². The summed E-state index contributed by atoms with van der Waals surface area (Å²) in [7, 11) is 3.06. The number of nitrogens with zero attached hydrogens (tertiary/aromatic N) is 1. The lowest BCUT2D eigenvalue weighted by atomic mass is 10.1. The first kappa shape index (κ1) is 20.2. The number of aromatic nitrogens is 1. The van der Waals surface area contributed by atoms with E-state index >= 15 is 0 Å². The molecule has 0 saturated carbocycles. The number of anilines is 1. The second kappa shape index (κ2) is 9.56. The highest BCUT2D eigenvalue weighted by Gasteiger charge is 2.14. The minimum Gasteiger partial charge on any atom is -0.497 e. The molecule has 0 fully saturated rings. The van der Waals surface area contributed by atoms with Gasteiger partial charge >= 0.3 is 0 Å². The molecule has 0 atom stereocenters. The number of ether oxygens (including phenoxy) is 2. The Labute approximate surface area is 159 Å². The maximum atomic E-state index is 12.5. The van der Waals surface area contributed by atoms with Crippen molar-refractivity contribution >= 4 is 17.5 Å². The SMILES string of the molecule is COc1ccc(NC(=O)c2cncc(C(=O)NCCC(C)C)c2)c(OC)c1. The van der Waals surface area contributed by atoms with Gasteiger partial charge in [-0.2, -0.15) is 0 Å². The van der Waals surface area contributed by atoms with Gasteiger partial charge in [-0.15, -0.1) is 0 Å². The minimum absolute atomic E-state index is 0.250. The average Bonchev–Trinajstić information content (AvgIpc) is 2.67. The van der Waals surface area contributed by atoms with E-state index in [4.69, 9.17) is 9.47 Å². The van der Waals surface area contributed by atoms with Crippen LogP contribution in [0.5, 0.6) is 11.5 Å². The first-order chi connectivity index (χ1) is 12.9. The highest BCUT2D eigenvalue weighted by atomic mass is 16.5. The summed E-state index contributed by atoms with van der Waals surface area (Å²) >= 11 is 0. The Morgan fingerprint density at radius 1 is 1.04 bits per heavy atom. The molecule has 0 aliphatic rings. The summed E-state index contributed by atoms with van der Waals surface area (Å²) in [6.45, 7) is 4.76. The van der Waals surface area contributed by atoms with Crippen molar-refractivity contribution < 1.29 is 19.1 Å². The minimum atomic E-state index is -0.386. The fraction of sp³-hybridized carbons (Fsp3) is 0.350. The van der Waals surface area contributed by atoms with Crippen molar-refractivity contribution in [1.82, 2.24) is 10.3 Å². The molecule has 1 aromatic carbocycles. The molecule has 27 heavy (non-hydrogen) atoms. The summed E-state index contributed by atoms with van der Waals surface area (Å²) < 4.78 is 10.4. The summed E-state index contributed by atoms with van der Waals surface area (Å²) in [5, 5.41) is 5.59. The van der Waals surface area contributed by atoms with Crippen molar-refractivity contribution in [2.24, 2.45) is 5.92 Å². The molecular formula is C20H25N3O4. The molecule has 0 aliphatic carbocycles. The van der Waals surface area contributed by atoms with Gasteiger partial charge in [-0.05, 0) is 30.5 Å². The van der Waals surface area contributed by atoms with E-state index in [0.29, 0.717) is 35.2 Å². The Hall–Kier alpha value is -3.09. The van der Waals surface area contributed by atoms with Crippen LogP contribution in [0.3, 0.4) is 0 Å². The third kappa shape index (κ3) is 5.70. The molecule has 0 spiro atoms. The average molecular weight is 371 g/mol. The first-order valence-electron chi connectivity index (χ1n) is 8.71. The van der Waals surface area contributed by atoms with Gasteiger partial charge < -0.3 is 20.1 Å². The van der Waals surface area contributed by atoms with Crippen LogP contribution in [-0.2, 0) is 0 Å². The van der Waals surface area contributed by atoms with Crippen molar-refractivity contribution in [3.63, 3.8) is 0 Å². The van der Waals surface area contributed by atoms with Gasteiger partial charge in [0.05, 0.1) is 31.0 Å². The lowest BCUT2D eigenvalue weighted by Gasteiger charge is -2.12. The number of amides is 2. The van der Waals surface area contributed by atoms with Gasteiger partial charge in [0.2, 0.25) is 0 Å². The third-order valence-corrected chi connectivity index (χ3v) is 3.93. The van der Waals surface area contributed by atoms with E-state index in [1.54, 1.807) is 25.3 Å². The first-order valence-corrected chi connectivity index (χ1v) is 8.71. The molecule has 1 heterocycles. The van der Waals surface area contributed by atoms with Crippen LogP contribution >= 0.6 is 0 Å². The molecule has 7 heteroatoms. The smallest absolute Gasteiger partial charge is 0.257 e. The fourth-order valence-electron chi connectivity index (χ4n) is 2.36. The number of rotatable bonds is 8. The van der Waals surface area contributed by atoms with E-state index in [1.165, 1.54) is 25.6 Å². The molecule has 2 aromatic rings. The van der Waals surface area contributed by atoms with Gasteiger partial charge in [0.15, 0.2) is 0 Å². The lowest BCUT2D eigenvalue weighted by Crippen LogP contribution is -2.26. The van der Waals surface area contributed by atoms with E-state index in [9.17, 15) is 9.59 Å². The zero-order chi connectivity index (χ0) is 19.8. The summed E-state index contributed by atoms with van der Waals surface area (Å²) in [6, 6.07) is 6.59. The third-order valence-electron chi connectivity index (χ3n) is 3.93. The number of nitrogens with one attached hydrogen (secondary N) is 2. The summed E-state index contributed by atoms with van der Waals surface area (Å²) in [4.78, 5) is 28.8. The standard InChI is InChI=1S/C20H25N3O4/c1-13(2)7-8-22-19(24)14-9-15(12-21-11-14)20(25)23-17-6-5-16(26-3)10-18(17)27-4/h5-6,9-13H,7-8H2,1-4H3,(H,22,24)(H,23,25). The number of hydrogen-bond acceptors (Lipinski definition) is 5. The molecule has 0 unspecified atom stereocenters. The van der Waals surface area contributed by atoms with Gasteiger partial charge in [0.25, 0.3) is 11.8 Å². The van der Waals surface area contributed by atoms with Gasteiger partial charge in [-0.1, -0.05) is 13.8 Å². The van der Waals surface area contributed by atoms with Crippen LogP contribution in [0.2, 0.25) is 0 Å². The summed E-state index contributed by atoms with van der Waals surface area (Å²) in [6.07, 6.45) is 3.74. The highest BCUT2D eigenvalue weighted by Crippen LogP contribution is 2.29. The zero-order valence-electron chi connectivity index (χ0n) is 16.0. The molecule has 1 aromatic heterocycles. The molecule has 0 bridgehead atoms. The van der Waals surface area contributed by atoms with Crippen LogP contribution in [0, 0.1) is 5.92 Å². The number of pyridine rings is 1. The number of methoxy groups -OCH3 is 2. The van der Waals surface area contributed by atoms with Crippen molar-refractivity contribution in [2.45, 2.75) is 20.3 Å². The van der Waals surface area contributed by atoms with Crippen LogP contribution < -0.4 is 20.1 Å². The topological polar surface area (TPSA) is 89.5 Å². The largest absolute Gasteiger partial charge is 0.497 e. The van der Waals surface area contributed by atoms with Gasteiger partial charge in [-0.3, -0.25) is 14.6 Å². The second-order valence-corrected chi connectivity index (χ2v) is 6.42. The number of carbonyl (C=O) groups is 2. The van der Waals surface area contributed by atoms with Crippen LogP contribution in [-0.4, -0.2) is 37.6 Å². The molecular weight excluding hydrogens is 346 g/mol. The monoisotopic (exact) mass is 371 g/mol. The van der Waals surface area contributed by atoms with E-state index < -0.39 is 0 Å². The molecule has 2 amide bonds. The molecule has 7 nitrogen and oxygen atoms in total. The molecule has 2 N–H and O–H groups in total. The Kier molecular flexibility index (Phi) is 7.16. The maximum Gasteiger partial charge on any atom is 0.257 e. The summed E-state index contributed by atoms with van der Waals surface area (Å²) in [5.41, 5.74) is 1.12. The Balaban J connectivity index is 2.10. The molecule has 0 aliphatic heterocycles. The van der Waals surface area contributed by atoms with E-state index in [0.717, 1.165) is 6.42 Å². The van der Waals surface area contributed by atoms with Gasteiger partial charge in [0.1, 0.15) is 11.5 Å². The summed E-state index contributed by atoms with van der Waals surface area (Å²) in [5.74, 6) is 0.951.